The molecule has 0 N–H and O–H groups in total. The average molecular weight is 279 g/mol. The highest BCUT2D eigenvalue weighted by Crippen LogP contribution is 2.24. The van der Waals surface area contributed by atoms with Crippen molar-refractivity contribution >= 4 is 17.8 Å². The van der Waals surface area contributed by atoms with Crippen molar-refractivity contribution in [3.8, 4) is 0 Å². The van der Waals surface area contributed by atoms with Crippen molar-refractivity contribution in [2.75, 3.05) is 0 Å². The summed E-state index contributed by atoms with van der Waals surface area (Å²) in [5.41, 5.74) is 3.68. The quantitative estimate of drug-likeness (QED) is 0.452. The van der Waals surface area contributed by atoms with E-state index in [1.807, 2.05) is 66.8 Å². The zero-order valence-corrected chi connectivity index (χ0v) is 12.1. The molecule has 0 saturated heterocycles. The van der Waals surface area contributed by atoms with Crippen molar-refractivity contribution in [2.45, 2.75) is 13.8 Å². The second kappa shape index (κ2) is 6.66. The van der Waals surface area contributed by atoms with Crippen molar-refractivity contribution in [1.29, 1.82) is 0 Å². The monoisotopic (exact) mass is 279 g/mol. The van der Waals surface area contributed by atoms with E-state index in [4.69, 9.17) is 0 Å². The van der Waals surface area contributed by atoms with E-state index >= 15 is 0 Å². The van der Waals surface area contributed by atoms with Gasteiger partial charge in [0, 0.05) is 11.1 Å². The Balaban J connectivity index is 2.15. The highest BCUT2D eigenvalue weighted by Gasteiger charge is 2.14. The van der Waals surface area contributed by atoms with Crippen LogP contribution in [0.2, 0.25) is 0 Å². The van der Waals surface area contributed by atoms with Gasteiger partial charge in [-0.3, -0.25) is 10.1 Å². The standard InChI is InChI=1S/C18H17NO2/c1-14-12-17(13-15(2)18(14)19(20)21)11-7-6-10-16-8-4-3-5-9-16/h3-13H,1-2H3/b10-6+,11-7+. The van der Waals surface area contributed by atoms with E-state index in [0.717, 1.165) is 11.1 Å². The van der Waals surface area contributed by atoms with Crippen molar-refractivity contribution in [3.63, 3.8) is 0 Å². The van der Waals surface area contributed by atoms with Gasteiger partial charge in [0.15, 0.2) is 0 Å². The summed E-state index contributed by atoms with van der Waals surface area (Å²) in [4.78, 5) is 10.6. The number of nitro benzene ring substituents is 1. The van der Waals surface area contributed by atoms with Gasteiger partial charge in [0.2, 0.25) is 0 Å². The summed E-state index contributed by atoms with van der Waals surface area (Å²) in [7, 11) is 0. The molecule has 0 spiro atoms. The first kappa shape index (κ1) is 14.7. The molecule has 0 aliphatic carbocycles. The van der Waals surface area contributed by atoms with Crippen molar-refractivity contribution in [3.05, 3.63) is 87.0 Å². The minimum absolute atomic E-state index is 0.201. The Kier molecular flexibility index (Phi) is 4.67. The lowest BCUT2D eigenvalue weighted by molar-refractivity contribution is -0.386. The van der Waals surface area contributed by atoms with Gasteiger partial charge in [0.1, 0.15) is 0 Å². The van der Waals surface area contributed by atoms with E-state index in [9.17, 15) is 10.1 Å². The van der Waals surface area contributed by atoms with Crippen molar-refractivity contribution < 1.29 is 4.92 Å². The Bertz CT molecular complexity index is 677. The van der Waals surface area contributed by atoms with Crippen LogP contribution in [0.25, 0.3) is 12.2 Å². The van der Waals surface area contributed by atoms with E-state index < -0.39 is 0 Å². The maximum absolute atomic E-state index is 10.9. The van der Waals surface area contributed by atoms with Crippen LogP contribution >= 0.6 is 0 Å². The summed E-state index contributed by atoms with van der Waals surface area (Å²) < 4.78 is 0. The first-order valence-corrected chi connectivity index (χ1v) is 6.73. The SMILES string of the molecule is Cc1cc(/C=C/C=C/c2ccccc2)cc(C)c1[N+](=O)[O-]. The van der Waals surface area contributed by atoms with E-state index in [0.29, 0.717) is 11.1 Å². The first-order chi connectivity index (χ1) is 10.1. The number of benzene rings is 2. The van der Waals surface area contributed by atoms with Crippen LogP contribution in [0, 0.1) is 24.0 Å². The van der Waals surface area contributed by atoms with Gasteiger partial charge in [0.25, 0.3) is 5.69 Å². The zero-order chi connectivity index (χ0) is 15.2. The van der Waals surface area contributed by atoms with Crippen LogP contribution in [-0.2, 0) is 0 Å². The summed E-state index contributed by atoms with van der Waals surface area (Å²) in [6, 6.07) is 13.7. The molecular weight excluding hydrogens is 262 g/mol. The van der Waals surface area contributed by atoms with Gasteiger partial charge in [-0.15, -0.1) is 0 Å². The molecule has 2 rings (SSSR count). The Morgan fingerprint density at radius 1 is 0.905 bits per heavy atom. The fraction of sp³-hybridized carbons (Fsp3) is 0.111. The molecule has 0 aliphatic rings. The van der Waals surface area contributed by atoms with Crippen LogP contribution in [0.3, 0.4) is 0 Å². The normalized spacial score (nSPS) is 11.3. The van der Waals surface area contributed by atoms with Gasteiger partial charge in [0.05, 0.1) is 4.92 Å². The predicted octanol–water partition coefficient (Wildman–Crippen LogP) is 4.94. The van der Waals surface area contributed by atoms with Gasteiger partial charge in [-0.2, -0.15) is 0 Å². The third kappa shape index (κ3) is 3.89. The molecule has 0 aromatic heterocycles. The van der Waals surface area contributed by atoms with E-state index in [-0.39, 0.29) is 10.6 Å². The highest BCUT2D eigenvalue weighted by molar-refractivity contribution is 5.61. The molecular formula is C18H17NO2. The van der Waals surface area contributed by atoms with Gasteiger partial charge in [-0.25, -0.2) is 0 Å². The smallest absolute Gasteiger partial charge is 0.258 e. The lowest BCUT2D eigenvalue weighted by atomic mass is 10.0. The molecule has 2 aromatic carbocycles. The molecule has 0 atom stereocenters. The number of allylic oxidation sites excluding steroid dienone is 2. The fourth-order valence-electron chi connectivity index (χ4n) is 2.27. The molecule has 2 aromatic rings. The topological polar surface area (TPSA) is 43.1 Å². The van der Waals surface area contributed by atoms with Crippen LogP contribution in [0.4, 0.5) is 5.69 Å². The largest absolute Gasteiger partial charge is 0.275 e. The zero-order valence-electron chi connectivity index (χ0n) is 12.1. The average Bonchev–Trinajstić information content (AvgIpc) is 2.43. The molecule has 0 bridgehead atoms. The third-order valence-corrected chi connectivity index (χ3v) is 3.18. The van der Waals surface area contributed by atoms with Gasteiger partial charge >= 0.3 is 0 Å². The Morgan fingerprint density at radius 3 is 1.95 bits per heavy atom. The number of aryl methyl sites for hydroxylation is 2. The summed E-state index contributed by atoms with van der Waals surface area (Å²) in [5, 5.41) is 10.9. The molecule has 0 aliphatic heterocycles. The third-order valence-electron chi connectivity index (χ3n) is 3.18. The Labute approximate surface area is 124 Å². The minimum Gasteiger partial charge on any atom is -0.258 e. The van der Waals surface area contributed by atoms with Crippen LogP contribution in [0.5, 0.6) is 0 Å². The summed E-state index contributed by atoms with van der Waals surface area (Å²) in [6.07, 6.45) is 7.86. The fourth-order valence-corrected chi connectivity index (χ4v) is 2.27. The van der Waals surface area contributed by atoms with Gasteiger partial charge < -0.3 is 0 Å². The maximum Gasteiger partial charge on any atom is 0.275 e. The van der Waals surface area contributed by atoms with Crippen molar-refractivity contribution in [2.24, 2.45) is 0 Å². The Morgan fingerprint density at radius 2 is 1.43 bits per heavy atom. The number of hydrogen-bond acceptors (Lipinski definition) is 2. The van der Waals surface area contributed by atoms with Crippen molar-refractivity contribution in [1.82, 2.24) is 0 Å². The van der Waals surface area contributed by atoms with Crippen LogP contribution in [0.1, 0.15) is 22.3 Å². The van der Waals surface area contributed by atoms with E-state index in [1.165, 1.54) is 0 Å². The second-order valence-corrected chi connectivity index (χ2v) is 4.89. The molecule has 0 unspecified atom stereocenters. The predicted molar refractivity (Wildman–Crippen MR) is 87.1 cm³/mol. The molecule has 0 saturated carbocycles. The number of hydrogen-bond donors (Lipinski definition) is 0. The summed E-state index contributed by atoms with van der Waals surface area (Å²) in [5.74, 6) is 0. The molecule has 3 nitrogen and oxygen atoms in total. The summed E-state index contributed by atoms with van der Waals surface area (Å²) >= 11 is 0. The maximum atomic E-state index is 10.9. The molecule has 106 valence electrons. The van der Waals surface area contributed by atoms with Gasteiger partial charge in [-0.05, 0) is 37.1 Å². The molecule has 0 heterocycles. The lowest BCUT2D eigenvalue weighted by Crippen LogP contribution is -1.95. The van der Waals surface area contributed by atoms with Gasteiger partial charge in [-0.1, -0.05) is 54.6 Å². The second-order valence-electron chi connectivity index (χ2n) is 4.89. The van der Waals surface area contributed by atoms with E-state index in [2.05, 4.69) is 0 Å². The van der Waals surface area contributed by atoms with Crippen LogP contribution in [-0.4, -0.2) is 4.92 Å². The number of nitrogens with zero attached hydrogens (tertiary/aromatic N) is 1. The number of rotatable bonds is 4. The number of nitro groups is 1. The first-order valence-electron chi connectivity index (χ1n) is 6.73. The van der Waals surface area contributed by atoms with E-state index in [1.54, 1.807) is 13.8 Å². The van der Waals surface area contributed by atoms with Crippen LogP contribution in [0.15, 0.2) is 54.6 Å². The minimum atomic E-state index is -0.326. The Hall–Kier alpha value is -2.68. The summed E-state index contributed by atoms with van der Waals surface area (Å²) in [6.45, 7) is 3.53. The molecule has 0 fully saturated rings. The van der Waals surface area contributed by atoms with Crippen LogP contribution < -0.4 is 0 Å². The molecule has 0 amide bonds. The molecule has 3 heteroatoms. The molecule has 0 radical (unpaired) electrons. The molecule has 21 heavy (non-hydrogen) atoms. The highest BCUT2D eigenvalue weighted by atomic mass is 16.6. The lowest BCUT2D eigenvalue weighted by Gasteiger charge is -2.03.